The minimum Gasteiger partial charge on any atom is -0.507 e. The van der Waals surface area contributed by atoms with E-state index in [9.17, 15) is 5.11 Å². The number of likely N-dealkylation sites (tertiary alicyclic amines) is 1. The number of halogens is 2. The molecule has 0 bridgehead atoms. The second-order valence-electron chi connectivity index (χ2n) is 8.31. The molecule has 2 aliphatic rings. The normalized spacial score (nSPS) is 21.5. The first-order valence-electron chi connectivity index (χ1n) is 9.55. The molecule has 0 saturated carbocycles. The van der Waals surface area contributed by atoms with Crippen molar-refractivity contribution in [2.75, 3.05) is 13.1 Å². The maximum Gasteiger partial charge on any atom is 0.137 e. The second kappa shape index (κ2) is 6.36. The van der Waals surface area contributed by atoms with Crippen LogP contribution < -0.4 is 5.73 Å². The minimum atomic E-state index is -0.0925. The number of rotatable bonds is 2. The molecule has 1 atom stereocenters. The third kappa shape index (κ3) is 2.80. The molecule has 1 aliphatic carbocycles. The van der Waals surface area contributed by atoms with Gasteiger partial charge in [0.2, 0.25) is 0 Å². The molecule has 1 saturated heterocycles. The van der Waals surface area contributed by atoms with Crippen LogP contribution in [0.1, 0.15) is 37.2 Å². The highest BCUT2D eigenvalue weighted by Crippen LogP contribution is 2.42. The summed E-state index contributed by atoms with van der Waals surface area (Å²) < 4.78 is 2.15. The van der Waals surface area contributed by atoms with Crippen molar-refractivity contribution < 1.29 is 5.11 Å². The standard InChI is InChI=1S/C21H22Cl2N4O/c1-21(24)10-26(11-21)14-3-2-4-15-20(14)25-17-9-12(7-8-27(15)17)18-16(28)6-5-13(22)19(18)23/h5-9,14,28H,2-4,10-11,24H2,1H3. The van der Waals surface area contributed by atoms with Gasteiger partial charge in [0.25, 0.3) is 0 Å². The Labute approximate surface area is 173 Å². The number of aromatic nitrogens is 2. The average Bonchev–Trinajstić information content (AvgIpc) is 3.01. The van der Waals surface area contributed by atoms with Crippen LogP contribution in [0.2, 0.25) is 10.0 Å². The number of pyridine rings is 1. The first-order valence-corrected chi connectivity index (χ1v) is 10.3. The molecule has 3 N–H and O–H groups in total. The van der Waals surface area contributed by atoms with Crippen molar-refractivity contribution in [3.63, 3.8) is 0 Å². The molecule has 7 heteroatoms. The molecule has 1 fully saturated rings. The third-order valence-corrected chi connectivity index (χ3v) is 6.70. The van der Waals surface area contributed by atoms with Crippen LogP contribution in [0, 0.1) is 0 Å². The summed E-state index contributed by atoms with van der Waals surface area (Å²) >= 11 is 12.5. The van der Waals surface area contributed by atoms with E-state index in [2.05, 4.69) is 16.2 Å². The molecule has 5 rings (SSSR count). The predicted octanol–water partition coefficient (Wildman–Crippen LogP) is 4.42. The monoisotopic (exact) mass is 416 g/mol. The summed E-state index contributed by atoms with van der Waals surface area (Å²) in [7, 11) is 0. The lowest BCUT2D eigenvalue weighted by molar-refractivity contribution is 0.0298. The average molecular weight is 417 g/mol. The van der Waals surface area contributed by atoms with Crippen molar-refractivity contribution in [3.05, 3.63) is 51.9 Å². The zero-order valence-corrected chi connectivity index (χ0v) is 17.1. The van der Waals surface area contributed by atoms with Crippen LogP contribution in [0.25, 0.3) is 16.8 Å². The number of nitrogens with two attached hydrogens (primary N) is 1. The van der Waals surface area contributed by atoms with Crippen molar-refractivity contribution in [1.82, 2.24) is 14.3 Å². The Morgan fingerprint density at radius 3 is 2.79 bits per heavy atom. The summed E-state index contributed by atoms with van der Waals surface area (Å²) in [6, 6.07) is 7.41. The van der Waals surface area contributed by atoms with Gasteiger partial charge < -0.3 is 15.2 Å². The molecular weight excluding hydrogens is 395 g/mol. The maximum atomic E-state index is 10.3. The molecule has 3 heterocycles. The largest absolute Gasteiger partial charge is 0.507 e. The number of benzene rings is 1. The molecule has 0 amide bonds. The second-order valence-corrected chi connectivity index (χ2v) is 9.10. The highest BCUT2D eigenvalue weighted by Gasteiger charge is 2.41. The Morgan fingerprint density at radius 2 is 2.04 bits per heavy atom. The fourth-order valence-corrected chi connectivity index (χ4v) is 5.08. The molecular formula is C21H22Cl2N4O. The van der Waals surface area contributed by atoms with Crippen molar-refractivity contribution in [1.29, 1.82) is 0 Å². The lowest BCUT2D eigenvalue weighted by Gasteiger charge is -2.50. The van der Waals surface area contributed by atoms with Crippen molar-refractivity contribution in [2.24, 2.45) is 5.73 Å². The summed E-state index contributed by atoms with van der Waals surface area (Å²) in [6.07, 6.45) is 5.29. The van der Waals surface area contributed by atoms with Gasteiger partial charge >= 0.3 is 0 Å². The summed E-state index contributed by atoms with van der Waals surface area (Å²) in [6.45, 7) is 3.91. The van der Waals surface area contributed by atoms with Gasteiger partial charge in [-0.15, -0.1) is 0 Å². The smallest absolute Gasteiger partial charge is 0.137 e. The summed E-state index contributed by atoms with van der Waals surface area (Å²) in [5, 5.41) is 11.1. The molecule has 2 aromatic heterocycles. The molecule has 3 aromatic rings. The van der Waals surface area contributed by atoms with E-state index in [4.69, 9.17) is 33.9 Å². The van der Waals surface area contributed by atoms with E-state index in [-0.39, 0.29) is 11.3 Å². The van der Waals surface area contributed by atoms with E-state index < -0.39 is 0 Å². The number of phenolic OH excluding ortho intramolecular Hbond substituents is 1. The molecule has 0 spiro atoms. The molecule has 1 aromatic carbocycles. The van der Waals surface area contributed by atoms with Crippen molar-refractivity contribution in [3.8, 4) is 16.9 Å². The van der Waals surface area contributed by atoms with E-state index in [0.717, 1.165) is 49.3 Å². The number of imidazole rings is 1. The quantitative estimate of drug-likeness (QED) is 0.648. The van der Waals surface area contributed by atoms with Crippen LogP contribution in [-0.4, -0.2) is 38.0 Å². The van der Waals surface area contributed by atoms with E-state index in [1.165, 1.54) is 5.69 Å². The molecule has 1 aliphatic heterocycles. The van der Waals surface area contributed by atoms with Crippen molar-refractivity contribution >= 4 is 28.8 Å². The van der Waals surface area contributed by atoms with E-state index in [0.29, 0.717) is 21.7 Å². The number of aromatic hydroxyl groups is 1. The predicted molar refractivity (Wildman–Crippen MR) is 112 cm³/mol. The molecule has 1 unspecified atom stereocenters. The number of fused-ring (bicyclic) bond motifs is 3. The van der Waals surface area contributed by atoms with Crippen LogP contribution in [0.4, 0.5) is 0 Å². The molecule has 0 radical (unpaired) electrons. The Balaban J connectivity index is 1.59. The highest BCUT2D eigenvalue weighted by molar-refractivity contribution is 6.44. The lowest BCUT2D eigenvalue weighted by atomic mass is 9.86. The first-order chi connectivity index (χ1) is 13.3. The number of aryl methyl sites for hydroxylation is 1. The van der Waals surface area contributed by atoms with Gasteiger partial charge in [0.15, 0.2) is 0 Å². The molecule has 5 nitrogen and oxygen atoms in total. The van der Waals surface area contributed by atoms with Crippen molar-refractivity contribution in [2.45, 2.75) is 37.8 Å². The van der Waals surface area contributed by atoms with Crippen LogP contribution in [0.15, 0.2) is 30.5 Å². The topological polar surface area (TPSA) is 66.8 Å². The van der Waals surface area contributed by atoms with Gasteiger partial charge in [-0.2, -0.15) is 0 Å². The zero-order valence-electron chi connectivity index (χ0n) is 15.6. The fraction of sp³-hybridized carbons (Fsp3) is 0.381. The van der Waals surface area contributed by atoms with Gasteiger partial charge in [-0.25, -0.2) is 4.98 Å². The van der Waals surface area contributed by atoms with Gasteiger partial charge in [0.1, 0.15) is 11.4 Å². The Bertz CT molecular complexity index is 1080. The zero-order chi connectivity index (χ0) is 19.6. The van der Waals surface area contributed by atoms with Crippen LogP contribution >= 0.6 is 23.2 Å². The number of phenols is 1. The summed E-state index contributed by atoms with van der Waals surface area (Å²) in [5.74, 6) is 0.107. The van der Waals surface area contributed by atoms with Gasteiger partial charge in [0.05, 0.1) is 21.8 Å². The van der Waals surface area contributed by atoms with Gasteiger partial charge in [-0.3, -0.25) is 4.90 Å². The lowest BCUT2D eigenvalue weighted by Crippen LogP contribution is -2.66. The van der Waals surface area contributed by atoms with Gasteiger partial charge in [-0.1, -0.05) is 23.2 Å². The number of hydrogen-bond acceptors (Lipinski definition) is 4. The van der Waals surface area contributed by atoms with Crippen LogP contribution in [0.5, 0.6) is 5.75 Å². The van der Waals surface area contributed by atoms with Gasteiger partial charge in [-0.05, 0) is 56.0 Å². The van der Waals surface area contributed by atoms with E-state index >= 15 is 0 Å². The number of nitrogens with zero attached hydrogens (tertiary/aromatic N) is 3. The molecule has 146 valence electrons. The van der Waals surface area contributed by atoms with Crippen LogP contribution in [-0.2, 0) is 6.42 Å². The Kier molecular flexibility index (Phi) is 4.14. The fourth-order valence-electron chi connectivity index (χ4n) is 4.66. The Morgan fingerprint density at radius 1 is 1.25 bits per heavy atom. The minimum absolute atomic E-state index is 0.0925. The maximum absolute atomic E-state index is 10.3. The first kappa shape index (κ1) is 18.3. The van der Waals surface area contributed by atoms with Gasteiger partial charge in [0, 0.05) is 36.1 Å². The highest BCUT2D eigenvalue weighted by atomic mass is 35.5. The van der Waals surface area contributed by atoms with E-state index in [1.807, 2.05) is 18.3 Å². The number of hydrogen-bond donors (Lipinski definition) is 2. The Hall–Kier alpha value is -1.79. The third-order valence-electron chi connectivity index (χ3n) is 5.89. The summed E-state index contributed by atoms with van der Waals surface area (Å²) in [4.78, 5) is 7.41. The summed E-state index contributed by atoms with van der Waals surface area (Å²) in [5.41, 5.74) is 10.8. The molecule has 28 heavy (non-hydrogen) atoms. The van der Waals surface area contributed by atoms with Crippen LogP contribution in [0.3, 0.4) is 0 Å². The SMILES string of the molecule is CC1(N)CN(C2CCCc3c2nc2cc(-c4c(O)ccc(Cl)c4Cl)ccn32)C1. The van der Waals surface area contributed by atoms with E-state index in [1.54, 1.807) is 12.1 Å².